The first-order chi connectivity index (χ1) is 11.9. The van der Waals surface area contributed by atoms with Crippen molar-refractivity contribution < 1.29 is 8.42 Å². The number of allylic oxidation sites excluding steroid dienone is 2. The lowest BCUT2D eigenvalue weighted by atomic mass is 10.00. The Morgan fingerprint density at radius 3 is 2.24 bits per heavy atom. The van der Waals surface area contributed by atoms with Crippen LogP contribution in [0.25, 0.3) is 0 Å². The number of sulfone groups is 1. The summed E-state index contributed by atoms with van der Waals surface area (Å²) >= 11 is 1.58. The van der Waals surface area contributed by atoms with Gasteiger partial charge in [0.1, 0.15) is 0 Å². The summed E-state index contributed by atoms with van der Waals surface area (Å²) in [4.78, 5) is 0.357. The summed E-state index contributed by atoms with van der Waals surface area (Å²) in [5.74, 6) is 0. The largest absolute Gasteiger partial charge is 0.223 e. The highest BCUT2D eigenvalue weighted by molar-refractivity contribution is 8.01. The molecule has 2 nitrogen and oxygen atoms in total. The molecular weight excluding hydrogens is 348 g/mol. The molecule has 2 aromatic rings. The molecule has 0 bridgehead atoms. The average molecular weight is 373 g/mol. The van der Waals surface area contributed by atoms with Gasteiger partial charge in [-0.3, -0.25) is 0 Å². The van der Waals surface area contributed by atoms with Crippen molar-refractivity contribution >= 4 is 21.6 Å². The average Bonchev–Trinajstić information content (AvgIpc) is 2.60. The maximum Gasteiger partial charge on any atom is 0.187 e. The zero-order chi connectivity index (χ0) is 18.3. The van der Waals surface area contributed by atoms with E-state index in [0.29, 0.717) is 11.3 Å². The first kappa shape index (κ1) is 19.5. The van der Waals surface area contributed by atoms with E-state index < -0.39 is 14.6 Å². The number of benzene rings is 2. The fraction of sp³-hybridized carbons (Fsp3) is 0.238. The lowest BCUT2D eigenvalue weighted by Gasteiger charge is -2.26. The van der Waals surface area contributed by atoms with Crippen molar-refractivity contribution in [2.75, 3.05) is 6.26 Å². The van der Waals surface area contributed by atoms with Crippen molar-refractivity contribution in [1.29, 1.82) is 0 Å². The Labute approximate surface area is 155 Å². The monoisotopic (exact) mass is 372 g/mol. The van der Waals surface area contributed by atoms with Crippen molar-refractivity contribution in [2.45, 2.75) is 29.9 Å². The van der Waals surface area contributed by atoms with Gasteiger partial charge < -0.3 is 0 Å². The summed E-state index contributed by atoms with van der Waals surface area (Å²) in [5, 5.41) is 1.93. The smallest absolute Gasteiger partial charge is 0.187 e. The van der Waals surface area contributed by atoms with Crippen molar-refractivity contribution in [3.8, 4) is 0 Å². The van der Waals surface area contributed by atoms with Crippen molar-refractivity contribution in [3.63, 3.8) is 0 Å². The molecule has 0 N–H and O–H groups in total. The van der Waals surface area contributed by atoms with Gasteiger partial charge >= 0.3 is 0 Å². The van der Waals surface area contributed by atoms with Gasteiger partial charge in [0.05, 0.1) is 9.64 Å². The Hall–Kier alpha value is -1.78. The highest BCUT2D eigenvalue weighted by atomic mass is 32.2. The van der Waals surface area contributed by atoms with E-state index in [2.05, 4.69) is 0 Å². The van der Waals surface area contributed by atoms with Crippen LogP contribution in [0.2, 0.25) is 0 Å². The Bertz CT molecular complexity index is 835. The third-order valence-corrected chi connectivity index (χ3v) is 6.95. The van der Waals surface area contributed by atoms with Crippen LogP contribution in [0.5, 0.6) is 0 Å². The van der Waals surface area contributed by atoms with E-state index in [9.17, 15) is 8.42 Å². The molecule has 25 heavy (non-hydrogen) atoms. The third kappa shape index (κ3) is 4.86. The fourth-order valence-corrected chi connectivity index (χ4v) is 4.51. The number of hydrogen-bond acceptors (Lipinski definition) is 3. The quantitative estimate of drug-likeness (QED) is 0.626. The second kappa shape index (κ2) is 8.54. The number of aryl methyl sites for hydroxylation is 1. The summed E-state index contributed by atoms with van der Waals surface area (Å²) in [6.45, 7) is 3.74. The van der Waals surface area contributed by atoms with Gasteiger partial charge in [0.2, 0.25) is 0 Å². The maximum atomic E-state index is 13.4. The molecule has 2 aromatic carbocycles. The van der Waals surface area contributed by atoms with Crippen LogP contribution in [0.4, 0.5) is 0 Å². The Morgan fingerprint density at radius 2 is 1.64 bits per heavy atom. The second-order valence-corrected chi connectivity index (χ2v) is 9.37. The van der Waals surface area contributed by atoms with Gasteiger partial charge in [0, 0.05) is 0 Å². The van der Waals surface area contributed by atoms with Crippen LogP contribution in [0.3, 0.4) is 0 Å². The lowest BCUT2D eigenvalue weighted by molar-refractivity contribution is 0.561. The number of hydrogen-bond donors (Lipinski definition) is 0. The second-order valence-electron chi connectivity index (χ2n) is 6.21. The zero-order valence-electron chi connectivity index (χ0n) is 14.8. The Balaban J connectivity index is 2.47. The number of rotatable bonds is 7. The molecule has 1 atom stereocenters. The Kier molecular flexibility index (Phi) is 6.68. The molecule has 0 radical (unpaired) electrons. The molecule has 2 rings (SSSR count). The molecule has 1 unspecified atom stereocenters. The van der Waals surface area contributed by atoms with E-state index >= 15 is 0 Å². The standard InChI is InChI=1S/C21H24O2S2/c1-18-11-13-20(14-12-18)25(22,23)21(2,15-7-8-16-24-3)17-19-9-5-4-6-10-19/h4-16H,17H2,1-3H3. The summed E-state index contributed by atoms with van der Waals surface area (Å²) < 4.78 is 25.7. The molecule has 0 heterocycles. The van der Waals surface area contributed by atoms with Crippen LogP contribution < -0.4 is 0 Å². The predicted octanol–water partition coefficient (Wildman–Crippen LogP) is 5.20. The molecule has 0 aliphatic heterocycles. The summed E-state index contributed by atoms with van der Waals surface area (Å²) in [6.07, 6.45) is 7.88. The SMILES string of the molecule is CSC=CC=CC(C)(Cc1ccccc1)S(=O)(=O)c1ccc(C)cc1. The zero-order valence-corrected chi connectivity index (χ0v) is 16.5. The minimum absolute atomic E-state index is 0.357. The van der Waals surface area contributed by atoms with Crippen LogP contribution in [-0.2, 0) is 16.3 Å². The summed E-state index contributed by atoms with van der Waals surface area (Å²) in [5.41, 5.74) is 2.04. The van der Waals surface area contributed by atoms with Gasteiger partial charge in [0.15, 0.2) is 9.84 Å². The van der Waals surface area contributed by atoms with E-state index in [0.717, 1.165) is 11.1 Å². The summed E-state index contributed by atoms with van der Waals surface area (Å²) in [7, 11) is -3.53. The van der Waals surface area contributed by atoms with Gasteiger partial charge in [-0.15, -0.1) is 11.8 Å². The minimum atomic E-state index is -3.53. The molecule has 4 heteroatoms. The molecule has 0 saturated carbocycles. The van der Waals surface area contributed by atoms with Crippen LogP contribution in [0.15, 0.2) is 83.1 Å². The molecule has 0 aliphatic carbocycles. The van der Waals surface area contributed by atoms with Gasteiger partial charge in [-0.2, -0.15) is 0 Å². The minimum Gasteiger partial charge on any atom is -0.223 e. The molecule has 132 valence electrons. The van der Waals surface area contributed by atoms with E-state index in [1.165, 1.54) is 0 Å². The molecule has 0 fully saturated rings. The van der Waals surface area contributed by atoms with Crippen LogP contribution in [0.1, 0.15) is 18.1 Å². The predicted molar refractivity (Wildman–Crippen MR) is 109 cm³/mol. The van der Waals surface area contributed by atoms with Gasteiger partial charge in [-0.05, 0) is 49.6 Å². The van der Waals surface area contributed by atoms with Gasteiger partial charge in [-0.1, -0.05) is 66.3 Å². The third-order valence-electron chi connectivity index (χ3n) is 4.12. The number of thioether (sulfide) groups is 1. The van der Waals surface area contributed by atoms with E-state index in [1.54, 1.807) is 36.9 Å². The highest BCUT2D eigenvalue weighted by Crippen LogP contribution is 2.31. The fourth-order valence-electron chi connectivity index (χ4n) is 2.61. The van der Waals surface area contributed by atoms with Crippen LogP contribution in [0, 0.1) is 6.92 Å². The first-order valence-corrected chi connectivity index (χ1v) is 10.9. The lowest BCUT2D eigenvalue weighted by Crippen LogP contribution is -2.35. The normalized spacial score (nSPS) is 14.8. The van der Waals surface area contributed by atoms with Gasteiger partial charge in [-0.25, -0.2) is 8.42 Å². The van der Waals surface area contributed by atoms with E-state index in [4.69, 9.17) is 0 Å². The molecule has 0 saturated heterocycles. The van der Waals surface area contributed by atoms with Crippen LogP contribution in [-0.4, -0.2) is 19.4 Å². The maximum absolute atomic E-state index is 13.4. The van der Waals surface area contributed by atoms with Gasteiger partial charge in [0.25, 0.3) is 0 Å². The molecule has 0 aliphatic rings. The molecular formula is C21H24O2S2. The van der Waals surface area contributed by atoms with Crippen molar-refractivity contribution in [1.82, 2.24) is 0 Å². The molecule has 0 spiro atoms. The first-order valence-electron chi connectivity index (χ1n) is 8.11. The molecule has 0 amide bonds. The summed E-state index contributed by atoms with van der Waals surface area (Å²) in [6, 6.07) is 16.8. The molecule has 0 aromatic heterocycles. The van der Waals surface area contributed by atoms with Crippen molar-refractivity contribution in [3.05, 3.63) is 89.4 Å². The Morgan fingerprint density at radius 1 is 1.00 bits per heavy atom. The van der Waals surface area contributed by atoms with E-state index in [1.807, 2.05) is 73.2 Å². The van der Waals surface area contributed by atoms with Crippen LogP contribution >= 0.6 is 11.8 Å². The topological polar surface area (TPSA) is 34.1 Å². The van der Waals surface area contributed by atoms with Crippen molar-refractivity contribution in [2.24, 2.45) is 0 Å². The van der Waals surface area contributed by atoms with E-state index in [-0.39, 0.29) is 0 Å². The highest BCUT2D eigenvalue weighted by Gasteiger charge is 2.38.